The van der Waals surface area contributed by atoms with Crippen LogP contribution in [-0.4, -0.2) is 43.0 Å². The van der Waals surface area contributed by atoms with E-state index in [0.29, 0.717) is 22.2 Å². The minimum absolute atomic E-state index is 0.0558. The molecule has 1 aromatic heterocycles. The minimum atomic E-state index is -0.719. The summed E-state index contributed by atoms with van der Waals surface area (Å²) in [7, 11) is 0. The zero-order valence-electron chi connectivity index (χ0n) is 16.5. The molecule has 158 valence electrons. The van der Waals surface area contributed by atoms with Gasteiger partial charge in [0.1, 0.15) is 5.00 Å². The van der Waals surface area contributed by atoms with Crippen LogP contribution in [0.15, 0.2) is 30.3 Å². The van der Waals surface area contributed by atoms with Crippen LogP contribution in [-0.2, 0) is 0 Å². The molecule has 4 rings (SSSR count). The van der Waals surface area contributed by atoms with Gasteiger partial charge in [-0.15, -0.1) is 11.3 Å². The molecule has 2 aliphatic rings. The van der Waals surface area contributed by atoms with Crippen LogP contribution >= 0.6 is 11.3 Å². The monoisotopic (exact) mass is 427 g/mol. The molecule has 6 N–H and O–H groups in total. The normalized spacial score (nSPS) is 18.5. The number of urea groups is 1. The number of benzene rings is 1. The van der Waals surface area contributed by atoms with Crippen molar-refractivity contribution in [1.29, 1.82) is 0 Å². The van der Waals surface area contributed by atoms with Crippen molar-refractivity contribution in [2.24, 2.45) is 5.73 Å². The first-order valence-corrected chi connectivity index (χ1v) is 10.9. The van der Waals surface area contributed by atoms with Crippen molar-refractivity contribution >= 4 is 34.2 Å². The molecule has 2 heterocycles. The van der Waals surface area contributed by atoms with Gasteiger partial charge in [0.2, 0.25) is 0 Å². The quantitative estimate of drug-likeness (QED) is 0.485. The number of nitrogens with two attached hydrogens (primary N) is 1. The number of hydrogen-bond donors (Lipinski definition) is 5. The Balaban J connectivity index is 1.53. The van der Waals surface area contributed by atoms with Crippen LogP contribution in [0.5, 0.6) is 0 Å². The molecule has 4 amide bonds. The summed E-state index contributed by atoms with van der Waals surface area (Å²) in [5.41, 5.74) is 7.13. The van der Waals surface area contributed by atoms with Gasteiger partial charge in [0.25, 0.3) is 11.8 Å². The Bertz CT molecular complexity index is 946. The number of piperidine rings is 1. The molecular weight excluding hydrogens is 402 g/mol. The SMILES string of the molecule is NC(=O)Nc1sc(-c2ccc(C(=O)NC3CC3)cc2)cc1C(=O)N[C@H]1CCCNC1. The van der Waals surface area contributed by atoms with Crippen LogP contribution in [0.3, 0.4) is 0 Å². The van der Waals surface area contributed by atoms with E-state index in [1.807, 2.05) is 12.1 Å². The van der Waals surface area contributed by atoms with Gasteiger partial charge in [-0.25, -0.2) is 4.79 Å². The van der Waals surface area contributed by atoms with E-state index in [1.54, 1.807) is 18.2 Å². The summed E-state index contributed by atoms with van der Waals surface area (Å²) in [6.45, 7) is 1.68. The molecule has 2 fully saturated rings. The highest BCUT2D eigenvalue weighted by Crippen LogP contribution is 2.36. The standard InChI is InChI=1S/C21H25N5O3S/c22-21(29)26-20-16(19(28)25-15-2-1-9-23-11-15)10-17(30-20)12-3-5-13(6-4-12)18(27)24-14-7-8-14/h3-6,10,14-15,23H,1-2,7-9,11H2,(H,24,27)(H,25,28)(H3,22,26,29)/t15-/m0/s1. The predicted molar refractivity (Wildman–Crippen MR) is 117 cm³/mol. The summed E-state index contributed by atoms with van der Waals surface area (Å²) in [6, 6.07) is 8.61. The van der Waals surface area contributed by atoms with Gasteiger partial charge in [-0.05, 0) is 56.0 Å². The van der Waals surface area contributed by atoms with E-state index in [0.717, 1.165) is 49.2 Å². The van der Waals surface area contributed by atoms with E-state index in [9.17, 15) is 14.4 Å². The number of nitrogens with one attached hydrogen (secondary N) is 4. The van der Waals surface area contributed by atoms with Crippen molar-refractivity contribution in [3.8, 4) is 10.4 Å². The van der Waals surface area contributed by atoms with E-state index in [4.69, 9.17) is 5.73 Å². The highest BCUT2D eigenvalue weighted by Gasteiger charge is 2.24. The second-order valence-electron chi connectivity index (χ2n) is 7.68. The van der Waals surface area contributed by atoms with Crippen molar-refractivity contribution in [1.82, 2.24) is 16.0 Å². The molecule has 8 nitrogen and oxygen atoms in total. The third kappa shape index (κ3) is 4.98. The lowest BCUT2D eigenvalue weighted by Gasteiger charge is -2.23. The first-order valence-electron chi connectivity index (χ1n) is 10.1. The van der Waals surface area contributed by atoms with E-state index < -0.39 is 6.03 Å². The van der Waals surface area contributed by atoms with Crippen molar-refractivity contribution in [3.63, 3.8) is 0 Å². The zero-order chi connectivity index (χ0) is 21.1. The molecule has 0 bridgehead atoms. The van der Waals surface area contributed by atoms with Crippen molar-refractivity contribution in [3.05, 3.63) is 41.5 Å². The summed E-state index contributed by atoms with van der Waals surface area (Å²) in [5.74, 6) is -0.317. The molecule has 1 saturated heterocycles. The number of amides is 4. The maximum atomic E-state index is 12.8. The number of carbonyl (C=O) groups excluding carboxylic acids is 3. The summed E-state index contributed by atoms with van der Waals surface area (Å²) in [5, 5.41) is 12.2. The van der Waals surface area contributed by atoms with Crippen LogP contribution < -0.4 is 27.0 Å². The molecule has 0 unspecified atom stereocenters. The van der Waals surface area contributed by atoms with Crippen LogP contribution in [0.4, 0.5) is 9.80 Å². The topological polar surface area (TPSA) is 125 Å². The average Bonchev–Trinajstić information content (AvgIpc) is 3.45. The van der Waals surface area contributed by atoms with Crippen LogP contribution in [0, 0.1) is 0 Å². The molecule has 0 spiro atoms. The maximum Gasteiger partial charge on any atom is 0.317 e. The van der Waals surface area contributed by atoms with Crippen LogP contribution in [0.25, 0.3) is 10.4 Å². The van der Waals surface area contributed by atoms with E-state index in [-0.39, 0.29) is 17.9 Å². The summed E-state index contributed by atoms with van der Waals surface area (Å²) < 4.78 is 0. The molecule has 1 aliphatic heterocycles. The lowest BCUT2D eigenvalue weighted by atomic mass is 10.1. The molecule has 1 saturated carbocycles. The lowest BCUT2D eigenvalue weighted by Crippen LogP contribution is -2.45. The Morgan fingerprint density at radius 1 is 1.00 bits per heavy atom. The van der Waals surface area contributed by atoms with Gasteiger partial charge in [-0.2, -0.15) is 0 Å². The largest absolute Gasteiger partial charge is 0.351 e. The number of rotatable bonds is 6. The second-order valence-corrected chi connectivity index (χ2v) is 8.74. The zero-order valence-corrected chi connectivity index (χ0v) is 17.3. The fourth-order valence-corrected chi connectivity index (χ4v) is 4.49. The smallest absolute Gasteiger partial charge is 0.317 e. The molecule has 1 atom stereocenters. The highest BCUT2D eigenvalue weighted by atomic mass is 32.1. The van der Waals surface area contributed by atoms with Crippen molar-refractivity contribution in [2.45, 2.75) is 37.8 Å². The fraction of sp³-hybridized carbons (Fsp3) is 0.381. The highest BCUT2D eigenvalue weighted by molar-refractivity contribution is 7.20. The Morgan fingerprint density at radius 3 is 2.37 bits per heavy atom. The lowest BCUT2D eigenvalue weighted by molar-refractivity contribution is 0.0929. The number of primary amides is 1. The molecule has 2 aromatic rings. The molecule has 0 radical (unpaired) electrons. The van der Waals surface area contributed by atoms with Gasteiger partial charge < -0.3 is 21.7 Å². The first kappa shape index (κ1) is 20.4. The molecule has 30 heavy (non-hydrogen) atoms. The Hall–Kier alpha value is -2.91. The van der Waals surface area contributed by atoms with Crippen molar-refractivity contribution in [2.75, 3.05) is 18.4 Å². The van der Waals surface area contributed by atoms with Gasteiger partial charge in [0.15, 0.2) is 0 Å². The van der Waals surface area contributed by atoms with Gasteiger partial charge >= 0.3 is 6.03 Å². The minimum Gasteiger partial charge on any atom is -0.351 e. The number of anilines is 1. The number of carbonyl (C=O) groups is 3. The molecule has 1 aliphatic carbocycles. The molecule has 9 heteroatoms. The van der Waals surface area contributed by atoms with E-state index >= 15 is 0 Å². The van der Waals surface area contributed by atoms with Gasteiger partial charge in [0.05, 0.1) is 5.56 Å². The summed E-state index contributed by atoms with van der Waals surface area (Å²) in [4.78, 5) is 37.2. The number of thiophene rings is 1. The Morgan fingerprint density at radius 2 is 1.73 bits per heavy atom. The van der Waals surface area contributed by atoms with Gasteiger partial charge in [-0.1, -0.05) is 12.1 Å². The second kappa shape index (κ2) is 8.85. The predicted octanol–water partition coefficient (Wildman–Crippen LogP) is 2.28. The maximum absolute atomic E-state index is 12.8. The van der Waals surface area contributed by atoms with Gasteiger partial charge in [-0.3, -0.25) is 14.9 Å². The third-order valence-corrected chi connectivity index (χ3v) is 6.29. The molecule has 1 aromatic carbocycles. The van der Waals surface area contributed by atoms with Crippen LogP contribution in [0.2, 0.25) is 0 Å². The summed E-state index contributed by atoms with van der Waals surface area (Å²) in [6.07, 6.45) is 4.00. The first-order chi connectivity index (χ1) is 14.5. The fourth-order valence-electron chi connectivity index (χ4n) is 3.43. The number of hydrogen-bond acceptors (Lipinski definition) is 5. The average molecular weight is 428 g/mol. The summed E-state index contributed by atoms with van der Waals surface area (Å²) >= 11 is 1.28. The Kier molecular flexibility index (Phi) is 6.01. The Labute approximate surface area is 178 Å². The molecular formula is C21H25N5O3S. The van der Waals surface area contributed by atoms with E-state index in [1.165, 1.54) is 11.3 Å². The third-order valence-electron chi connectivity index (χ3n) is 5.19. The van der Waals surface area contributed by atoms with Crippen LogP contribution in [0.1, 0.15) is 46.4 Å². The van der Waals surface area contributed by atoms with Crippen molar-refractivity contribution < 1.29 is 14.4 Å². The van der Waals surface area contributed by atoms with Gasteiger partial charge in [0, 0.05) is 29.1 Å². The van der Waals surface area contributed by atoms with E-state index in [2.05, 4.69) is 21.3 Å².